The van der Waals surface area contributed by atoms with E-state index >= 15 is 0 Å². The highest BCUT2D eigenvalue weighted by molar-refractivity contribution is 7.95. The van der Waals surface area contributed by atoms with Gasteiger partial charge in [-0.05, 0) is 39.9 Å². The maximum Gasteiger partial charge on any atom is 0.0609 e. The second-order valence-electron chi connectivity index (χ2n) is 3.64. The Morgan fingerprint density at radius 3 is 2.50 bits per heavy atom. The summed E-state index contributed by atoms with van der Waals surface area (Å²) in [7, 11) is 3.94. The van der Waals surface area contributed by atoms with Gasteiger partial charge in [0.05, 0.1) is 12.1 Å². The van der Waals surface area contributed by atoms with Crippen LogP contribution in [0.3, 0.4) is 0 Å². The van der Waals surface area contributed by atoms with Gasteiger partial charge in [0.15, 0.2) is 0 Å². The summed E-state index contributed by atoms with van der Waals surface area (Å²) in [6.07, 6.45) is 5.85. The highest BCUT2D eigenvalue weighted by Crippen LogP contribution is 2.18. The molecule has 0 rings (SSSR count). The average molecular weight is 261 g/mol. The third kappa shape index (κ3) is 7.09. The van der Waals surface area contributed by atoms with Gasteiger partial charge in [-0.3, -0.25) is 0 Å². The minimum absolute atomic E-state index is 0.803. The molecule has 0 fully saturated rings. The van der Waals surface area contributed by atoms with Crippen LogP contribution in [0, 0.1) is 0 Å². The molecule has 92 valence electrons. The van der Waals surface area contributed by atoms with E-state index in [2.05, 4.69) is 17.4 Å². The number of nitrogens with zero attached hydrogens (tertiary/aromatic N) is 2. The van der Waals surface area contributed by atoms with Crippen molar-refractivity contribution >= 4 is 29.4 Å². The lowest BCUT2D eigenvalue weighted by molar-refractivity contribution is 0.704. The second-order valence-corrected chi connectivity index (χ2v) is 5.13. The first kappa shape index (κ1) is 15.8. The minimum Gasteiger partial charge on any atom is -0.237 e. The van der Waals surface area contributed by atoms with Gasteiger partial charge in [0.2, 0.25) is 0 Å². The molecule has 16 heavy (non-hydrogen) atoms. The van der Waals surface area contributed by atoms with Crippen molar-refractivity contribution in [2.45, 2.75) is 33.6 Å². The summed E-state index contributed by atoms with van der Waals surface area (Å²) in [6, 6.07) is 0. The molecule has 0 radical (unpaired) electrons. The van der Waals surface area contributed by atoms with E-state index in [0.717, 1.165) is 23.6 Å². The van der Waals surface area contributed by atoms with Crippen LogP contribution in [0.5, 0.6) is 0 Å². The van der Waals surface area contributed by atoms with Crippen LogP contribution in [0.4, 0.5) is 0 Å². The van der Waals surface area contributed by atoms with Gasteiger partial charge in [0.1, 0.15) is 0 Å². The maximum atomic E-state index is 6.17. The van der Waals surface area contributed by atoms with Gasteiger partial charge in [-0.2, -0.15) is 0 Å². The van der Waals surface area contributed by atoms with Gasteiger partial charge in [-0.1, -0.05) is 30.7 Å². The van der Waals surface area contributed by atoms with E-state index < -0.39 is 0 Å². The molecular weight excluding hydrogens is 240 g/mol. The number of allylic oxidation sites excluding steroid dienone is 4. The fourth-order valence-electron chi connectivity index (χ4n) is 1.07. The summed E-state index contributed by atoms with van der Waals surface area (Å²) in [4.78, 5) is 0. The van der Waals surface area contributed by atoms with E-state index in [0.29, 0.717) is 0 Å². The molecule has 0 atom stereocenters. The first-order valence-corrected chi connectivity index (χ1v) is 6.51. The highest BCUT2D eigenvalue weighted by atomic mass is 35.5. The van der Waals surface area contributed by atoms with Crippen LogP contribution in [-0.4, -0.2) is 24.1 Å². The lowest BCUT2D eigenvalue weighted by Gasteiger charge is -2.04. The van der Waals surface area contributed by atoms with Gasteiger partial charge >= 0.3 is 0 Å². The molecule has 0 aliphatic carbocycles. The SMILES string of the molecule is C/C=C(CC)\C(Cl)=C/C/C(C)=N\SN(C)C. The van der Waals surface area contributed by atoms with Crippen LogP contribution in [0.1, 0.15) is 33.6 Å². The van der Waals surface area contributed by atoms with Gasteiger partial charge in [0, 0.05) is 17.2 Å². The molecule has 0 amide bonds. The Balaban J connectivity index is 4.31. The van der Waals surface area contributed by atoms with E-state index in [1.54, 1.807) is 0 Å². The highest BCUT2D eigenvalue weighted by Gasteiger charge is 1.98. The molecule has 2 nitrogen and oxygen atoms in total. The Hall–Kier alpha value is -0.250. The zero-order valence-electron chi connectivity index (χ0n) is 10.7. The van der Waals surface area contributed by atoms with Crippen LogP contribution in [0.15, 0.2) is 27.2 Å². The molecule has 0 saturated carbocycles. The van der Waals surface area contributed by atoms with Crippen molar-refractivity contribution in [3.05, 3.63) is 22.8 Å². The van der Waals surface area contributed by atoms with E-state index in [4.69, 9.17) is 11.6 Å². The third-order valence-corrected chi connectivity index (χ3v) is 3.09. The van der Waals surface area contributed by atoms with Crippen LogP contribution in [0.2, 0.25) is 0 Å². The zero-order chi connectivity index (χ0) is 12.6. The maximum absolute atomic E-state index is 6.17. The number of halogens is 1. The molecule has 0 spiro atoms. The molecule has 0 N–H and O–H groups in total. The Kier molecular flexibility index (Phi) is 8.71. The Labute approximate surface area is 109 Å². The smallest absolute Gasteiger partial charge is 0.0609 e. The monoisotopic (exact) mass is 260 g/mol. The summed E-state index contributed by atoms with van der Waals surface area (Å²) < 4.78 is 6.30. The molecule has 0 saturated heterocycles. The van der Waals surface area contributed by atoms with Gasteiger partial charge in [-0.25, -0.2) is 8.70 Å². The van der Waals surface area contributed by atoms with Crippen molar-refractivity contribution < 1.29 is 0 Å². The van der Waals surface area contributed by atoms with E-state index in [-0.39, 0.29) is 0 Å². The molecule has 0 bridgehead atoms. The predicted octanol–water partition coefficient (Wildman–Crippen LogP) is 4.44. The topological polar surface area (TPSA) is 15.6 Å². The quantitative estimate of drug-likeness (QED) is 0.399. The lowest BCUT2D eigenvalue weighted by Crippen LogP contribution is -1.98. The molecule has 0 aliphatic rings. The number of hydrogen-bond acceptors (Lipinski definition) is 3. The summed E-state index contributed by atoms with van der Waals surface area (Å²) in [6.45, 7) is 6.13. The third-order valence-electron chi connectivity index (χ3n) is 1.97. The Morgan fingerprint density at radius 2 is 2.06 bits per heavy atom. The average Bonchev–Trinajstić information content (AvgIpc) is 2.25. The van der Waals surface area contributed by atoms with Crippen molar-refractivity contribution in [2.75, 3.05) is 14.1 Å². The number of rotatable bonds is 6. The molecule has 0 aromatic rings. The summed E-state index contributed by atoms with van der Waals surface area (Å²) in [5.41, 5.74) is 2.26. The fourth-order valence-corrected chi connectivity index (χ4v) is 1.77. The van der Waals surface area contributed by atoms with Gasteiger partial charge in [-0.15, -0.1) is 0 Å². The van der Waals surface area contributed by atoms with Crippen LogP contribution in [0.25, 0.3) is 0 Å². The fraction of sp³-hybridized carbons (Fsp3) is 0.583. The largest absolute Gasteiger partial charge is 0.237 e. The van der Waals surface area contributed by atoms with Gasteiger partial charge in [0.25, 0.3) is 0 Å². The van der Waals surface area contributed by atoms with E-state index in [1.165, 1.54) is 17.7 Å². The Morgan fingerprint density at radius 1 is 1.44 bits per heavy atom. The van der Waals surface area contributed by atoms with Crippen LogP contribution >= 0.6 is 23.7 Å². The lowest BCUT2D eigenvalue weighted by atomic mass is 10.1. The predicted molar refractivity (Wildman–Crippen MR) is 77.0 cm³/mol. The summed E-state index contributed by atoms with van der Waals surface area (Å²) in [5.74, 6) is 0. The molecule has 0 aromatic heterocycles. The molecule has 4 heteroatoms. The van der Waals surface area contributed by atoms with Crippen molar-refractivity contribution in [2.24, 2.45) is 4.40 Å². The first-order valence-electron chi connectivity index (χ1n) is 5.40. The molecule has 0 aromatic carbocycles. The Bertz CT molecular complexity index is 293. The minimum atomic E-state index is 0.803. The molecular formula is C12H21ClN2S. The normalized spacial score (nSPS) is 14.8. The van der Waals surface area contributed by atoms with Crippen molar-refractivity contribution in [1.82, 2.24) is 4.31 Å². The van der Waals surface area contributed by atoms with Crippen molar-refractivity contribution in [3.8, 4) is 0 Å². The zero-order valence-corrected chi connectivity index (χ0v) is 12.3. The summed E-state index contributed by atoms with van der Waals surface area (Å²) in [5, 5.41) is 0.842. The number of hydrogen-bond donors (Lipinski definition) is 0. The molecule has 0 unspecified atom stereocenters. The van der Waals surface area contributed by atoms with E-state index in [9.17, 15) is 0 Å². The summed E-state index contributed by atoms with van der Waals surface area (Å²) >= 11 is 7.62. The van der Waals surface area contributed by atoms with Crippen molar-refractivity contribution in [3.63, 3.8) is 0 Å². The van der Waals surface area contributed by atoms with E-state index in [1.807, 2.05) is 38.3 Å². The first-order chi connectivity index (χ1) is 7.51. The van der Waals surface area contributed by atoms with Gasteiger partial charge < -0.3 is 0 Å². The molecule has 0 aliphatic heterocycles. The standard InChI is InChI=1S/C12H21ClN2S/c1-6-11(7-2)12(13)9-8-10(3)14-16-15(4)5/h6,9H,7-8H2,1-5H3/b11-6-,12-9+,14-10-. The van der Waals surface area contributed by atoms with Crippen LogP contribution < -0.4 is 0 Å². The molecule has 0 heterocycles. The van der Waals surface area contributed by atoms with Crippen molar-refractivity contribution in [1.29, 1.82) is 0 Å². The second kappa shape index (κ2) is 8.85. The van der Waals surface area contributed by atoms with Crippen LogP contribution in [-0.2, 0) is 0 Å².